The van der Waals surface area contributed by atoms with Gasteiger partial charge in [0, 0.05) is 25.4 Å². The smallest absolute Gasteiger partial charge is 0.125 e. The highest BCUT2D eigenvalue weighted by molar-refractivity contribution is 5.47. The average Bonchev–Trinajstić information content (AvgIpc) is 2.31. The van der Waals surface area contributed by atoms with E-state index in [1.165, 1.54) is 6.07 Å². The molecule has 1 unspecified atom stereocenters. The predicted octanol–water partition coefficient (Wildman–Crippen LogP) is 3.06. The summed E-state index contributed by atoms with van der Waals surface area (Å²) < 4.78 is 13.3. The molecule has 3 heteroatoms. The first kappa shape index (κ1) is 13.3. The molecule has 2 rings (SSSR count). The fourth-order valence-corrected chi connectivity index (χ4v) is 2.99. The van der Waals surface area contributed by atoms with E-state index in [0.29, 0.717) is 5.92 Å². The largest absolute Gasteiger partial charge is 0.396 e. The topological polar surface area (TPSA) is 23.5 Å². The number of aliphatic hydroxyl groups is 1. The second-order valence-corrected chi connectivity index (χ2v) is 5.89. The number of nitrogens with zero attached hydrogens (tertiary/aromatic N) is 1. The minimum absolute atomic E-state index is 0.160. The fraction of sp³-hybridized carbons (Fsp3) is 0.600. The van der Waals surface area contributed by atoms with Crippen molar-refractivity contribution in [1.82, 2.24) is 0 Å². The van der Waals surface area contributed by atoms with Crippen molar-refractivity contribution in [2.45, 2.75) is 26.7 Å². The molecule has 1 aromatic rings. The van der Waals surface area contributed by atoms with Crippen LogP contribution in [0, 0.1) is 17.2 Å². The Morgan fingerprint density at radius 3 is 2.83 bits per heavy atom. The highest BCUT2D eigenvalue weighted by Crippen LogP contribution is 2.38. The maximum absolute atomic E-state index is 13.3. The standard InChI is InChI=1S/C15H22FNO/c1-15(2)11-17(8-6-12(15)7-9-18)14-5-3-4-13(16)10-14/h3-5,10,12,18H,6-9,11H2,1-2H3. The molecule has 0 amide bonds. The van der Waals surface area contributed by atoms with Crippen LogP contribution in [0.5, 0.6) is 0 Å². The first-order chi connectivity index (χ1) is 8.53. The molecule has 0 radical (unpaired) electrons. The molecule has 1 heterocycles. The normalized spacial score (nSPS) is 23.1. The summed E-state index contributed by atoms with van der Waals surface area (Å²) in [7, 11) is 0. The number of aliphatic hydroxyl groups excluding tert-OH is 1. The van der Waals surface area contributed by atoms with Crippen LogP contribution in [-0.4, -0.2) is 24.8 Å². The van der Waals surface area contributed by atoms with E-state index in [1.54, 1.807) is 12.1 Å². The zero-order valence-electron chi connectivity index (χ0n) is 11.2. The summed E-state index contributed by atoms with van der Waals surface area (Å²) in [6.07, 6.45) is 1.92. The highest BCUT2D eigenvalue weighted by atomic mass is 19.1. The third-order valence-electron chi connectivity index (χ3n) is 4.10. The molecular formula is C15H22FNO. The Morgan fingerprint density at radius 1 is 1.44 bits per heavy atom. The van der Waals surface area contributed by atoms with E-state index in [0.717, 1.165) is 31.6 Å². The van der Waals surface area contributed by atoms with Crippen molar-refractivity contribution in [3.63, 3.8) is 0 Å². The number of hydrogen-bond acceptors (Lipinski definition) is 2. The number of benzene rings is 1. The molecule has 1 aliphatic heterocycles. The molecule has 2 nitrogen and oxygen atoms in total. The van der Waals surface area contributed by atoms with E-state index < -0.39 is 0 Å². The monoisotopic (exact) mass is 251 g/mol. The number of rotatable bonds is 3. The molecule has 1 saturated heterocycles. The lowest BCUT2D eigenvalue weighted by atomic mass is 9.72. The molecule has 0 aliphatic carbocycles. The zero-order chi connectivity index (χ0) is 13.2. The van der Waals surface area contributed by atoms with E-state index in [2.05, 4.69) is 18.7 Å². The molecule has 0 bridgehead atoms. The lowest BCUT2D eigenvalue weighted by Crippen LogP contribution is -2.46. The van der Waals surface area contributed by atoms with Gasteiger partial charge in [-0.25, -0.2) is 4.39 Å². The summed E-state index contributed by atoms with van der Waals surface area (Å²) in [5.41, 5.74) is 1.12. The van der Waals surface area contributed by atoms with Crippen molar-refractivity contribution >= 4 is 5.69 Å². The molecule has 100 valence electrons. The Morgan fingerprint density at radius 2 is 2.22 bits per heavy atom. The van der Waals surface area contributed by atoms with Crippen LogP contribution in [0.15, 0.2) is 24.3 Å². The first-order valence-corrected chi connectivity index (χ1v) is 6.64. The van der Waals surface area contributed by atoms with Crippen LogP contribution in [0.2, 0.25) is 0 Å². The Kier molecular flexibility index (Phi) is 3.91. The van der Waals surface area contributed by atoms with Crippen molar-refractivity contribution < 1.29 is 9.50 Å². The summed E-state index contributed by atoms with van der Waals surface area (Å²) in [5.74, 6) is 0.370. The lowest BCUT2D eigenvalue weighted by molar-refractivity contribution is 0.134. The van der Waals surface area contributed by atoms with Crippen molar-refractivity contribution in [2.24, 2.45) is 11.3 Å². The average molecular weight is 251 g/mol. The van der Waals surface area contributed by atoms with E-state index in [-0.39, 0.29) is 17.8 Å². The highest BCUT2D eigenvalue weighted by Gasteiger charge is 2.35. The van der Waals surface area contributed by atoms with Gasteiger partial charge < -0.3 is 10.0 Å². The summed E-state index contributed by atoms with van der Waals surface area (Å²) >= 11 is 0. The molecule has 18 heavy (non-hydrogen) atoms. The van der Waals surface area contributed by atoms with Crippen molar-refractivity contribution in [1.29, 1.82) is 0 Å². The summed E-state index contributed by atoms with van der Waals surface area (Å²) in [4.78, 5) is 2.25. The van der Waals surface area contributed by atoms with Crippen LogP contribution in [-0.2, 0) is 0 Å². The maximum atomic E-state index is 13.3. The van der Waals surface area contributed by atoms with Gasteiger partial charge in [0.1, 0.15) is 5.82 Å². The van der Waals surface area contributed by atoms with Crippen LogP contribution in [0.25, 0.3) is 0 Å². The molecule has 1 atom stereocenters. The van der Waals surface area contributed by atoms with Gasteiger partial charge in [-0.2, -0.15) is 0 Å². The Bertz CT molecular complexity index is 405. The minimum Gasteiger partial charge on any atom is -0.396 e. The van der Waals surface area contributed by atoms with Gasteiger partial charge in [-0.1, -0.05) is 19.9 Å². The van der Waals surface area contributed by atoms with Gasteiger partial charge in [0.05, 0.1) is 0 Å². The van der Waals surface area contributed by atoms with E-state index in [1.807, 2.05) is 6.07 Å². The van der Waals surface area contributed by atoms with Gasteiger partial charge in [0.25, 0.3) is 0 Å². The van der Waals surface area contributed by atoms with Gasteiger partial charge in [0.2, 0.25) is 0 Å². The van der Waals surface area contributed by atoms with Crippen LogP contribution < -0.4 is 4.90 Å². The molecule has 1 aliphatic rings. The Hall–Kier alpha value is -1.09. The number of piperidine rings is 1. The minimum atomic E-state index is -0.178. The molecule has 1 fully saturated rings. The zero-order valence-corrected chi connectivity index (χ0v) is 11.2. The van der Waals surface area contributed by atoms with Gasteiger partial charge in [0.15, 0.2) is 0 Å². The summed E-state index contributed by atoms with van der Waals surface area (Å²) in [6.45, 7) is 6.59. The van der Waals surface area contributed by atoms with Gasteiger partial charge in [-0.15, -0.1) is 0 Å². The number of anilines is 1. The van der Waals surface area contributed by atoms with Crippen LogP contribution in [0.4, 0.5) is 10.1 Å². The predicted molar refractivity (Wildman–Crippen MR) is 72.2 cm³/mol. The molecule has 0 saturated carbocycles. The Labute approximate surface area is 108 Å². The Balaban J connectivity index is 2.11. The lowest BCUT2D eigenvalue weighted by Gasteiger charge is -2.45. The second kappa shape index (κ2) is 5.27. The molecule has 1 N–H and O–H groups in total. The van der Waals surface area contributed by atoms with Gasteiger partial charge >= 0.3 is 0 Å². The maximum Gasteiger partial charge on any atom is 0.125 e. The molecule has 0 spiro atoms. The summed E-state index contributed by atoms with van der Waals surface area (Å²) in [6, 6.07) is 6.80. The van der Waals surface area contributed by atoms with Gasteiger partial charge in [-0.3, -0.25) is 0 Å². The van der Waals surface area contributed by atoms with E-state index in [4.69, 9.17) is 5.11 Å². The first-order valence-electron chi connectivity index (χ1n) is 6.64. The van der Waals surface area contributed by atoms with Crippen LogP contribution in [0.3, 0.4) is 0 Å². The third kappa shape index (κ3) is 2.83. The van der Waals surface area contributed by atoms with Gasteiger partial charge in [-0.05, 0) is 42.4 Å². The van der Waals surface area contributed by atoms with Crippen molar-refractivity contribution in [2.75, 3.05) is 24.6 Å². The van der Waals surface area contributed by atoms with Crippen LogP contribution >= 0.6 is 0 Å². The molecule has 1 aromatic carbocycles. The summed E-state index contributed by atoms with van der Waals surface area (Å²) in [5, 5.41) is 9.11. The van der Waals surface area contributed by atoms with Crippen LogP contribution in [0.1, 0.15) is 26.7 Å². The third-order valence-corrected chi connectivity index (χ3v) is 4.10. The number of halogens is 1. The quantitative estimate of drug-likeness (QED) is 0.892. The van der Waals surface area contributed by atoms with E-state index in [9.17, 15) is 4.39 Å². The van der Waals surface area contributed by atoms with Crippen molar-refractivity contribution in [3.05, 3.63) is 30.1 Å². The SMILES string of the molecule is CC1(C)CN(c2cccc(F)c2)CCC1CCO. The molecular weight excluding hydrogens is 229 g/mol. The fourth-order valence-electron chi connectivity index (χ4n) is 2.99. The van der Waals surface area contributed by atoms with E-state index >= 15 is 0 Å². The number of hydrogen-bond donors (Lipinski definition) is 1. The van der Waals surface area contributed by atoms with Crippen molar-refractivity contribution in [3.8, 4) is 0 Å². The molecule has 0 aromatic heterocycles. The second-order valence-electron chi connectivity index (χ2n) is 5.89.